The molecule has 0 radical (unpaired) electrons. The van der Waals surface area contributed by atoms with Crippen LogP contribution in [0.3, 0.4) is 0 Å². The molecule has 238 valence electrons. The van der Waals surface area contributed by atoms with Crippen molar-refractivity contribution in [3.05, 3.63) is 126 Å². The molecule has 4 fully saturated rings. The molecule has 8 rings (SSSR count). The molecule has 1 unspecified atom stereocenters. The van der Waals surface area contributed by atoms with Gasteiger partial charge in [-0.25, -0.2) is 4.79 Å². The monoisotopic (exact) mass is 649 g/mol. The van der Waals surface area contributed by atoms with Gasteiger partial charge >= 0.3 is 5.97 Å². The van der Waals surface area contributed by atoms with E-state index >= 15 is 0 Å². The number of thiol groups is 2. The second-order valence-corrected chi connectivity index (χ2v) is 16.7. The van der Waals surface area contributed by atoms with Crippen LogP contribution in [0.15, 0.2) is 130 Å². The molecule has 4 bridgehead atoms. The van der Waals surface area contributed by atoms with Crippen LogP contribution in [0.2, 0.25) is 0 Å². The first-order valence-corrected chi connectivity index (χ1v) is 18.3. The van der Waals surface area contributed by atoms with Gasteiger partial charge in [-0.05, 0) is 112 Å². The van der Waals surface area contributed by atoms with Crippen molar-refractivity contribution in [1.82, 2.24) is 0 Å². The molecule has 1 atom stereocenters. The highest BCUT2D eigenvalue weighted by Gasteiger charge is 2.52. The van der Waals surface area contributed by atoms with E-state index in [1.54, 1.807) is 0 Å². The fraction of sp³-hybridized carbons (Fsp3) is 0.350. The largest absolute Gasteiger partial charge is 0.479 e. The lowest BCUT2D eigenvalue weighted by atomic mass is 9.50. The summed E-state index contributed by atoms with van der Waals surface area (Å²) in [6.45, 7) is 0.596. The van der Waals surface area contributed by atoms with Crippen LogP contribution in [-0.2, 0) is 27.3 Å². The van der Waals surface area contributed by atoms with E-state index in [9.17, 15) is 10.2 Å². The molecule has 4 aliphatic rings. The molecule has 4 aliphatic carbocycles. The SMILES string of the molecule is N=C(OCC12CC3CC(CC(C3)C1)C2)C(S)(Cc1ccccc1[SH](c1ccccc1)c1ccccc1)C(=O)OCc1ccccc1. The van der Waals surface area contributed by atoms with Gasteiger partial charge in [0.25, 0.3) is 0 Å². The lowest BCUT2D eigenvalue weighted by Gasteiger charge is -2.56. The Hall–Kier alpha value is -3.48. The number of carbonyl (C=O) groups excluding carboxylic acids is 1. The van der Waals surface area contributed by atoms with E-state index < -0.39 is 21.6 Å². The van der Waals surface area contributed by atoms with Gasteiger partial charge in [0.15, 0.2) is 4.75 Å². The second kappa shape index (κ2) is 13.3. The Labute approximate surface area is 281 Å². The van der Waals surface area contributed by atoms with Gasteiger partial charge in [0, 0.05) is 11.8 Å². The summed E-state index contributed by atoms with van der Waals surface area (Å²) in [5.41, 5.74) is 1.97. The maximum atomic E-state index is 14.1. The van der Waals surface area contributed by atoms with Crippen LogP contribution >= 0.6 is 23.5 Å². The molecule has 0 aromatic heterocycles. The van der Waals surface area contributed by atoms with Crippen LogP contribution in [0.1, 0.15) is 49.7 Å². The summed E-state index contributed by atoms with van der Waals surface area (Å²) in [5.74, 6) is 1.69. The molecule has 1 N–H and O–H groups in total. The number of rotatable bonds is 11. The Morgan fingerprint density at radius 2 is 1.24 bits per heavy atom. The number of hydrogen-bond donors (Lipinski definition) is 3. The third kappa shape index (κ3) is 6.52. The highest BCUT2D eigenvalue weighted by Crippen LogP contribution is 2.60. The molecule has 0 saturated heterocycles. The van der Waals surface area contributed by atoms with Gasteiger partial charge in [0.05, 0.1) is 6.61 Å². The maximum Gasteiger partial charge on any atom is 0.332 e. The fourth-order valence-electron chi connectivity index (χ4n) is 8.63. The zero-order valence-electron chi connectivity index (χ0n) is 26.2. The topological polar surface area (TPSA) is 59.4 Å². The fourth-order valence-corrected chi connectivity index (χ4v) is 11.4. The van der Waals surface area contributed by atoms with E-state index in [1.807, 2.05) is 48.5 Å². The standard InChI is InChI=1S/C40H43NO3S2/c41-37(44-28-39-23-30-20-31(24-39)22-32(21-30)25-39)40(45,38(42)43-27-29-12-4-1-5-13-29)26-33-14-10-11-19-36(33)46(34-15-6-2-7-16-34)35-17-8-3-9-18-35/h1-19,30-32,41,45-46H,20-28H2. The summed E-state index contributed by atoms with van der Waals surface area (Å²) < 4.78 is 10.8. The van der Waals surface area contributed by atoms with Gasteiger partial charge in [-0.15, -0.1) is 0 Å². The summed E-state index contributed by atoms with van der Waals surface area (Å²) in [4.78, 5) is 17.7. The Morgan fingerprint density at radius 3 is 1.80 bits per heavy atom. The Balaban J connectivity index is 1.20. The molecule has 0 heterocycles. The molecule has 46 heavy (non-hydrogen) atoms. The second-order valence-electron chi connectivity index (χ2n) is 13.8. The molecular weight excluding hydrogens is 607 g/mol. The van der Waals surface area contributed by atoms with Crippen molar-refractivity contribution in [2.24, 2.45) is 23.2 Å². The Kier molecular flexibility index (Phi) is 9.02. The molecule has 0 spiro atoms. The molecule has 0 amide bonds. The highest BCUT2D eigenvalue weighted by atomic mass is 32.2. The molecule has 4 nitrogen and oxygen atoms in total. The summed E-state index contributed by atoms with van der Waals surface area (Å²) >= 11 is 5.05. The molecule has 4 aromatic rings. The first kappa shape index (κ1) is 31.1. The van der Waals surface area contributed by atoms with Crippen molar-refractivity contribution in [3.63, 3.8) is 0 Å². The summed E-state index contributed by atoms with van der Waals surface area (Å²) in [7, 11) is -0.926. The zero-order valence-corrected chi connectivity index (χ0v) is 28.0. The molecule has 4 saturated carbocycles. The minimum Gasteiger partial charge on any atom is -0.479 e. The third-order valence-corrected chi connectivity index (χ3v) is 13.4. The predicted octanol–water partition coefficient (Wildman–Crippen LogP) is 9.33. The molecular formula is C40H43NO3S2. The van der Waals surface area contributed by atoms with Crippen LogP contribution in [-0.4, -0.2) is 23.2 Å². The summed E-state index contributed by atoms with van der Waals surface area (Å²) in [6.07, 6.45) is 7.76. The summed E-state index contributed by atoms with van der Waals surface area (Å²) in [5, 5.41) is 9.33. The number of benzene rings is 4. The van der Waals surface area contributed by atoms with E-state index in [4.69, 9.17) is 22.1 Å². The van der Waals surface area contributed by atoms with E-state index in [0.717, 1.165) is 33.8 Å². The van der Waals surface area contributed by atoms with Gasteiger partial charge in [-0.1, -0.05) is 84.9 Å². The van der Waals surface area contributed by atoms with Crippen molar-refractivity contribution < 1.29 is 14.3 Å². The van der Waals surface area contributed by atoms with E-state index in [1.165, 1.54) is 48.3 Å². The van der Waals surface area contributed by atoms with Crippen LogP contribution in [0, 0.1) is 28.6 Å². The minimum absolute atomic E-state index is 0.108. The average Bonchev–Trinajstić information content (AvgIpc) is 3.08. The first-order valence-electron chi connectivity index (χ1n) is 16.5. The van der Waals surface area contributed by atoms with Crippen LogP contribution < -0.4 is 0 Å². The predicted molar refractivity (Wildman–Crippen MR) is 189 cm³/mol. The van der Waals surface area contributed by atoms with Crippen molar-refractivity contribution >= 4 is 35.4 Å². The van der Waals surface area contributed by atoms with Gasteiger partial charge in [-0.3, -0.25) is 5.41 Å². The third-order valence-electron chi connectivity index (χ3n) is 10.3. The highest BCUT2D eigenvalue weighted by molar-refractivity contribution is 8.17. The number of hydrogen-bond acceptors (Lipinski definition) is 5. The quantitative estimate of drug-likeness (QED) is 0.0657. The number of carbonyl (C=O) groups is 1. The normalized spacial score (nSPS) is 24.5. The van der Waals surface area contributed by atoms with E-state index in [-0.39, 0.29) is 24.3 Å². The van der Waals surface area contributed by atoms with E-state index in [2.05, 4.69) is 66.7 Å². The van der Waals surface area contributed by atoms with Gasteiger partial charge in [0.1, 0.15) is 6.61 Å². The van der Waals surface area contributed by atoms with Gasteiger partial charge in [0.2, 0.25) is 5.90 Å². The average molecular weight is 650 g/mol. The van der Waals surface area contributed by atoms with Crippen molar-refractivity contribution in [2.75, 3.05) is 6.61 Å². The number of nitrogens with one attached hydrogen (secondary N) is 1. The van der Waals surface area contributed by atoms with Crippen molar-refractivity contribution in [3.8, 4) is 0 Å². The zero-order chi connectivity index (χ0) is 31.6. The maximum absolute atomic E-state index is 14.1. The molecule has 0 aliphatic heterocycles. The van der Waals surface area contributed by atoms with Crippen molar-refractivity contribution in [1.29, 1.82) is 5.41 Å². The van der Waals surface area contributed by atoms with Crippen LogP contribution in [0.5, 0.6) is 0 Å². The summed E-state index contributed by atoms with van der Waals surface area (Å²) in [6, 6.07) is 39.0. The number of esters is 1. The van der Waals surface area contributed by atoms with Crippen LogP contribution in [0.4, 0.5) is 0 Å². The van der Waals surface area contributed by atoms with Crippen LogP contribution in [0.25, 0.3) is 0 Å². The van der Waals surface area contributed by atoms with Gasteiger partial charge < -0.3 is 9.47 Å². The lowest BCUT2D eigenvalue weighted by molar-refractivity contribution is -0.146. The molecule has 4 aromatic carbocycles. The lowest BCUT2D eigenvalue weighted by Crippen LogP contribution is -2.50. The molecule has 6 heteroatoms. The van der Waals surface area contributed by atoms with E-state index in [0.29, 0.717) is 6.61 Å². The smallest absolute Gasteiger partial charge is 0.332 e. The Bertz CT molecular complexity index is 1590. The number of ether oxygens (including phenoxy) is 2. The first-order chi connectivity index (χ1) is 22.4. The minimum atomic E-state index is -1.58. The van der Waals surface area contributed by atoms with Gasteiger partial charge in [-0.2, -0.15) is 23.5 Å². The van der Waals surface area contributed by atoms with Crippen molar-refractivity contribution in [2.45, 2.75) is 71.0 Å². The Morgan fingerprint density at radius 1 is 0.739 bits per heavy atom.